The van der Waals surface area contributed by atoms with Gasteiger partial charge in [-0.1, -0.05) is 0 Å². The molecule has 7 nitrogen and oxygen atoms in total. The highest BCUT2D eigenvalue weighted by Crippen LogP contribution is 2.22. The molecule has 19 heavy (non-hydrogen) atoms. The van der Waals surface area contributed by atoms with Crippen molar-refractivity contribution in [3.8, 4) is 0 Å². The lowest BCUT2D eigenvalue weighted by molar-refractivity contribution is -0.138. The summed E-state index contributed by atoms with van der Waals surface area (Å²) in [7, 11) is 1.26. The van der Waals surface area contributed by atoms with Crippen LogP contribution in [-0.4, -0.2) is 58.2 Å². The maximum absolute atomic E-state index is 11.4. The average molecular weight is 283 g/mol. The minimum absolute atomic E-state index is 0.0716. The Labute approximate surface area is 114 Å². The largest absolute Gasteiger partial charge is 0.480 e. The van der Waals surface area contributed by atoms with E-state index < -0.39 is 18.0 Å². The zero-order valence-electron chi connectivity index (χ0n) is 10.3. The van der Waals surface area contributed by atoms with Crippen LogP contribution in [0.25, 0.3) is 0 Å². The van der Waals surface area contributed by atoms with E-state index in [2.05, 4.69) is 14.7 Å². The zero-order valence-corrected chi connectivity index (χ0v) is 11.1. The number of carbonyl (C=O) groups excluding carboxylic acids is 1. The molecule has 0 aliphatic carbocycles. The maximum atomic E-state index is 11.4. The van der Waals surface area contributed by atoms with E-state index in [4.69, 9.17) is 0 Å². The molecule has 1 saturated heterocycles. The van der Waals surface area contributed by atoms with Crippen LogP contribution in [0.5, 0.6) is 0 Å². The SMILES string of the molecule is COC(=O)c1cncc(N2CCSCC2C(=O)O)n1. The number of hydrogen-bond donors (Lipinski definition) is 1. The molecule has 8 heteroatoms. The van der Waals surface area contributed by atoms with Gasteiger partial charge in [0.15, 0.2) is 5.69 Å². The summed E-state index contributed by atoms with van der Waals surface area (Å²) >= 11 is 1.58. The molecule has 0 amide bonds. The van der Waals surface area contributed by atoms with E-state index in [0.29, 0.717) is 18.1 Å². The number of carboxylic acid groups (broad SMARTS) is 1. The number of esters is 1. The maximum Gasteiger partial charge on any atom is 0.358 e. The normalized spacial score (nSPS) is 19.0. The van der Waals surface area contributed by atoms with Crippen LogP contribution >= 0.6 is 11.8 Å². The lowest BCUT2D eigenvalue weighted by atomic mass is 10.2. The summed E-state index contributed by atoms with van der Waals surface area (Å²) in [5.41, 5.74) is 0.0716. The van der Waals surface area contributed by atoms with Gasteiger partial charge < -0.3 is 14.7 Å². The van der Waals surface area contributed by atoms with Gasteiger partial charge in [-0.2, -0.15) is 11.8 Å². The first-order valence-corrected chi connectivity index (χ1v) is 6.76. The van der Waals surface area contributed by atoms with Crippen molar-refractivity contribution in [2.45, 2.75) is 6.04 Å². The Morgan fingerprint density at radius 2 is 2.32 bits per heavy atom. The highest BCUT2D eigenvalue weighted by molar-refractivity contribution is 7.99. The third-order valence-corrected chi connectivity index (χ3v) is 3.75. The van der Waals surface area contributed by atoms with Gasteiger partial charge in [0.25, 0.3) is 0 Å². The van der Waals surface area contributed by atoms with Crippen molar-refractivity contribution in [3.63, 3.8) is 0 Å². The van der Waals surface area contributed by atoms with Crippen molar-refractivity contribution in [2.75, 3.05) is 30.1 Å². The summed E-state index contributed by atoms with van der Waals surface area (Å²) in [6.07, 6.45) is 2.75. The van der Waals surface area contributed by atoms with Gasteiger partial charge in [0, 0.05) is 18.1 Å². The number of anilines is 1. The van der Waals surface area contributed by atoms with E-state index >= 15 is 0 Å². The number of hydrogen-bond acceptors (Lipinski definition) is 7. The second-order valence-corrected chi connectivity index (χ2v) is 5.03. The number of aromatic nitrogens is 2. The van der Waals surface area contributed by atoms with E-state index in [1.165, 1.54) is 19.5 Å². The van der Waals surface area contributed by atoms with Crippen LogP contribution in [0.4, 0.5) is 5.82 Å². The summed E-state index contributed by atoms with van der Waals surface area (Å²) < 4.78 is 4.57. The molecule has 1 unspecified atom stereocenters. The molecule has 1 aliphatic heterocycles. The van der Waals surface area contributed by atoms with Gasteiger partial charge in [-0.15, -0.1) is 0 Å². The van der Waals surface area contributed by atoms with Crippen LogP contribution in [0.15, 0.2) is 12.4 Å². The molecule has 2 rings (SSSR count). The number of carbonyl (C=O) groups is 2. The molecule has 102 valence electrons. The first kappa shape index (κ1) is 13.6. The minimum Gasteiger partial charge on any atom is -0.480 e. The van der Waals surface area contributed by atoms with Gasteiger partial charge in [-0.3, -0.25) is 4.98 Å². The summed E-state index contributed by atoms with van der Waals surface area (Å²) in [5, 5.41) is 9.20. The molecule has 0 saturated carbocycles. The summed E-state index contributed by atoms with van der Waals surface area (Å²) in [6, 6.07) is -0.652. The third kappa shape index (κ3) is 2.95. The number of rotatable bonds is 3. The van der Waals surface area contributed by atoms with Gasteiger partial charge >= 0.3 is 11.9 Å². The molecule has 1 fully saturated rings. The fourth-order valence-corrected chi connectivity index (χ4v) is 2.82. The Balaban J connectivity index is 2.29. The fourth-order valence-electron chi connectivity index (χ4n) is 1.78. The Morgan fingerprint density at radius 3 is 3.00 bits per heavy atom. The monoisotopic (exact) mass is 283 g/mol. The van der Waals surface area contributed by atoms with Crippen LogP contribution < -0.4 is 4.90 Å². The second kappa shape index (κ2) is 5.87. The highest BCUT2D eigenvalue weighted by atomic mass is 32.2. The Hall–Kier alpha value is -1.83. The Morgan fingerprint density at radius 1 is 1.53 bits per heavy atom. The molecule has 0 aromatic carbocycles. The lowest BCUT2D eigenvalue weighted by Crippen LogP contribution is -2.48. The van der Waals surface area contributed by atoms with Crippen LogP contribution in [0.2, 0.25) is 0 Å². The quantitative estimate of drug-likeness (QED) is 0.790. The topological polar surface area (TPSA) is 92.6 Å². The molecule has 1 N–H and O–H groups in total. The molecule has 0 radical (unpaired) electrons. The van der Waals surface area contributed by atoms with E-state index in [-0.39, 0.29) is 5.69 Å². The standard InChI is InChI=1S/C11H13N3O4S/c1-18-11(17)7-4-12-5-9(13-7)14-2-3-19-6-8(14)10(15)16/h4-5,8H,2-3,6H2,1H3,(H,15,16). The van der Waals surface area contributed by atoms with Gasteiger partial charge in [-0.05, 0) is 0 Å². The first-order chi connectivity index (χ1) is 9.13. The van der Waals surface area contributed by atoms with E-state index in [9.17, 15) is 14.7 Å². The van der Waals surface area contributed by atoms with E-state index in [1.54, 1.807) is 16.7 Å². The van der Waals surface area contributed by atoms with Gasteiger partial charge in [0.1, 0.15) is 11.9 Å². The number of thioether (sulfide) groups is 1. The molecular weight excluding hydrogens is 270 g/mol. The molecule has 0 bridgehead atoms. The third-order valence-electron chi connectivity index (χ3n) is 2.72. The number of nitrogens with zero attached hydrogens (tertiary/aromatic N) is 3. The van der Waals surface area contributed by atoms with Gasteiger partial charge in [0.05, 0.1) is 19.5 Å². The average Bonchev–Trinajstić information content (AvgIpc) is 2.46. The molecule has 0 spiro atoms. The number of methoxy groups -OCH3 is 1. The van der Waals surface area contributed by atoms with Crippen molar-refractivity contribution >= 4 is 29.5 Å². The summed E-state index contributed by atoms with van der Waals surface area (Å²) in [5.74, 6) is 0.189. The fraction of sp³-hybridized carbons (Fsp3) is 0.455. The first-order valence-electron chi connectivity index (χ1n) is 5.61. The molecule has 1 aromatic heterocycles. The predicted molar refractivity (Wildman–Crippen MR) is 69.5 cm³/mol. The van der Waals surface area contributed by atoms with E-state index in [1.807, 2.05) is 0 Å². The number of ether oxygens (including phenoxy) is 1. The molecule has 1 aromatic rings. The van der Waals surface area contributed by atoms with Crippen molar-refractivity contribution in [1.82, 2.24) is 9.97 Å². The van der Waals surface area contributed by atoms with Gasteiger partial charge in [0.2, 0.25) is 0 Å². The van der Waals surface area contributed by atoms with Crippen molar-refractivity contribution in [2.24, 2.45) is 0 Å². The van der Waals surface area contributed by atoms with Crippen LogP contribution in [0.1, 0.15) is 10.5 Å². The summed E-state index contributed by atoms with van der Waals surface area (Å²) in [6.45, 7) is 0.556. The lowest BCUT2D eigenvalue weighted by Gasteiger charge is -2.33. The van der Waals surface area contributed by atoms with Crippen molar-refractivity contribution < 1.29 is 19.4 Å². The Bertz CT molecular complexity index is 497. The minimum atomic E-state index is -0.905. The smallest absolute Gasteiger partial charge is 0.358 e. The molecule has 1 aliphatic rings. The number of aliphatic carboxylic acids is 1. The Kier molecular flexibility index (Phi) is 4.20. The molecule has 1 atom stereocenters. The van der Waals surface area contributed by atoms with Crippen molar-refractivity contribution in [1.29, 1.82) is 0 Å². The molecule has 2 heterocycles. The predicted octanol–water partition coefficient (Wildman–Crippen LogP) is 0.270. The van der Waals surface area contributed by atoms with E-state index in [0.717, 1.165) is 5.75 Å². The second-order valence-electron chi connectivity index (χ2n) is 3.88. The van der Waals surface area contributed by atoms with Crippen LogP contribution in [0, 0.1) is 0 Å². The van der Waals surface area contributed by atoms with Crippen LogP contribution in [0.3, 0.4) is 0 Å². The molecular formula is C11H13N3O4S. The summed E-state index contributed by atoms with van der Waals surface area (Å²) in [4.78, 5) is 32.3. The zero-order chi connectivity index (χ0) is 13.8. The number of carboxylic acids is 1. The van der Waals surface area contributed by atoms with Gasteiger partial charge in [-0.25, -0.2) is 14.6 Å². The van der Waals surface area contributed by atoms with Crippen LogP contribution in [-0.2, 0) is 9.53 Å². The highest BCUT2D eigenvalue weighted by Gasteiger charge is 2.30. The van der Waals surface area contributed by atoms with Crippen molar-refractivity contribution in [3.05, 3.63) is 18.1 Å².